The number of carbonyl (C=O) groups is 1. The number of halogens is 2. The number of rotatable bonds is 5. The Hall–Kier alpha value is -0.560. The summed E-state index contributed by atoms with van der Waals surface area (Å²) >= 11 is -3.52. The number of alkyl halides is 2. The van der Waals surface area contributed by atoms with Crippen LogP contribution < -0.4 is 0 Å². The minimum Gasteiger partial charge on any atom is -0.460 e. The van der Waals surface area contributed by atoms with Gasteiger partial charge in [-0.15, -0.1) is 0 Å². The molecule has 4 nitrogen and oxygen atoms in total. The second-order valence-electron chi connectivity index (χ2n) is 4.47. The molecule has 17 heavy (non-hydrogen) atoms. The highest BCUT2D eigenvalue weighted by Crippen LogP contribution is 2.32. The molecule has 1 rings (SSSR count). The Morgan fingerprint density at radius 3 is 2.65 bits per heavy atom. The molecule has 0 radical (unpaired) electrons. The Bertz CT molecular complexity index is 309. The number of hydrogen-bond acceptors (Lipinski definition) is 3. The zero-order valence-corrected chi connectivity index (χ0v) is 10.3. The number of ether oxygens (including phenoxy) is 1. The lowest BCUT2D eigenvalue weighted by Crippen LogP contribution is -2.35. The Kier molecular flexibility index (Phi) is 5.00. The van der Waals surface area contributed by atoms with Crippen molar-refractivity contribution in [2.24, 2.45) is 11.8 Å². The van der Waals surface area contributed by atoms with Crippen molar-refractivity contribution >= 4 is 17.0 Å². The first-order chi connectivity index (χ1) is 7.84. The molecule has 0 bridgehead atoms. The van der Waals surface area contributed by atoms with E-state index < -0.39 is 22.3 Å². The van der Waals surface area contributed by atoms with Crippen molar-refractivity contribution in [3.05, 3.63) is 0 Å². The molecule has 1 aliphatic rings. The van der Waals surface area contributed by atoms with Crippen molar-refractivity contribution in [3.8, 4) is 0 Å². The third kappa shape index (κ3) is 3.99. The molecule has 0 amide bonds. The molecule has 0 aliphatic heterocycles. The molecule has 0 aromatic heterocycles. The van der Waals surface area contributed by atoms with Crippen molar-refractivity contribution in [1.29, 1.82) is 0 Å². The number of carbonyl (C=O) groups excluding carboxylic acids is 1. The molecular formula is C10H16F2O4S. The fourth-order valence-corrected chi connectivity index (χ4v) is 2.26. The van der Waals surface area contributed by atoms with Crippen LogP contribution in [0.5, 0.6) is 0 Å². The van der Waals surface area contributed by atoms with E-state index in [0.29, 0.717) is 18.3 Å². The second kappa shape index (κ2) is 5.86. The lowest BCUT2D eigenvalue weighted by molar-refractivity contribution is -0.161. The quantitative estimate of drug-likeness (QED) is 0.614. The van der Waals surface area contributed by atoms with Crippen LogP contribution >= 0.6 is 0 Å². The normalized spacial score (nSPS) is 26.8. The van der Waals surface area contributed by atoms with Crippen LogP contribution in [-0.4, -0.2) is 26.6 Å². The van der Waals surface area contributed by atoms with E-state index in [1.807, 2.05) is 0 Å². The van der Waals surface area contributed by atoms with Gasteiger partial charge < -0.3 is 9.29 Å². The highest BCUT2D eigenvalue weighted by atomic mass is 32.2. The third-order valence-electron chi connectivity index (χ3n) is 3.02. The Morgan fingerprint density at radius 2 is 2.18 bits per heavy atom. The van der Waals surface area contributed by atoms with E-state index >= 15 is 0 Å². The van der Waals surface area contributed by atoms with Gasteiger partial charge in [-0.05, 0) is 24.7 Å². The Balaban J connectivity index is 2.27. The van der Waals surface area contributed by atoms with Crippen LogP contribution in [0.25, 0.3) is 0 Å². The van der Waals surface area contributed by atoms with E-state index in [-0.39, 0.29) is 6.61 Å². The molecule has 1 N–H and O–H groups in total. The monoisotopic (exact) mass is 270 g/mol. The van der Waals surface area contributed by atoms with E-state index in [1.54, 1.807) is 0 Å². The van der Waals surface area contributed by atoms with E-state index in [4.69, 9.17) is 4.55 Å². The van der Waals surface area contributed by atoms with E-state index in [0.717, 1.165) is 19.3 Å². The van der Waals surface area contributed by atoms with Crippen LogP contribution in [0, 0.1) is 11.8 Å². The topological polar surface area (TPSA) is 63.6 Å². The molecule has 3 unspecified atom stereocenters. The summed E-state index contributed by atoms with van der Waals surface area (Å²) < 4.78 is 48.1. The first-order valence-electron chi connectivity index (χ1n) is 5.50. The first kappa shape index (κ1) is 14.5. The standard InChI is InChI=1S/C10H16F2O4S/c1-7-2-3-8(6-7)4-5-16-9(13)10(11,12)17(14)15/h7-8H,2-6H2,1H3,(H,14,15). The van der Waals surface area contributed by atoms with Crippen LogP contribution in [0.15, 0.2) is 0 Å². The van der Waals surface area contributed by atoms with Gasteiger partial charge in [-0.1, -0.05) is 19.8 Å². The number of hydrogen-bond donors (Lipinski definition) is 1. The van der Waals surface area contributed by atoms with Gasteiger partial charge in [0.1, 0.15) is 0 Å². The van der Waals surface area contributed by atoms with Crippen molar-refractivity contribution in [3.63, 3.8) is 0 Å². The van der Waals surface area contributed by atoms with Crippen molar-refractivity contribution in [2.75, 3.05) is 6.61 Å². The zero-order valence-electron chi connectivity index (χ0n) is 9.53. The molecule has 7 heteroatoms. The van der Waals surface area contributed by atoms with Gasteiger partial charge >= 0.3 is 11.2 Å². The van der Waals surface area contributed by atoms with Gasteiger partial charge in [-0.25, -0.2) is 9.00 Å². The predicted octanol–water partition coefficient (Wildman–Crippen LogP) is 2.17. The summed E-state index contributed by atoms with van der Waals surface area (Å²) in [7, 11) is 0. The SMILES string of the molecule is CC1CCC(CCOC(=O)C(F)(F)S(=O)O)C1. The highest BCUT2D eigenvalue weighted by molar-refractivity contribution is 7.81. The summed E-state index contributed by atoms with van der Waals surface area (Å²) in [5.74, 6) is -0.905. The minimum atomic E-state index is -4.33. The van der Waals surface area contributed by atoms with Crippen LogP contribution in [0.2, 0.25) is 0 Å². The lowest BCUT2D eigenvalue weighted by Gasteiger charge is -2.13. The fraction of sp³-hybridized carbons (Fsp3) is 0.900. The van der Waals surface area contributed by atoms with Gasteiger partial charge in [0.05, 0.1) is 6.61 Å². The zero-order chi connectivity index (χ0) is 13.1. The van der Waals surface area contributed by atoms with Crippen molar-refractivity contribution < 1.29 is 27.1 Å². The maximum Gasteiger partial charge on any atom is 0.439 e. The van der Waals surface area contributed by atoms with Crippen molar-refractivity contribution in [1.82, 2.24) is 0 Å². The van der Waals surface area contributed by atoms with Crippen molar-refractivity contribution in [2.45, 2.75) is 37.9 Å². The summed E-state index contributed by atoms with van der Waals surface area (Å²) in [6, 6.07) is 0. The van der Waals surface area contributed by atoms with Crippen LogP contribution in [0.4, 0.5) is 8.78 Å². The number of esters is 1. The molecule has 0 aromatic rings. The molecule has 0 spiro atoms. The van der Waals surface area contributed by atoms with E-state index in [2.05, 4.69) is 11.7 Å². The van der Waals surface area contributed by atoms with E-state index in [9.17, 15) is 17.8 Å². The summed E-state index contributed by atoms with van der Waals surface area (Å²) in [4.78, 5) is 10.8. The molecule has 0 saturated heterocycles. The minimum absolute atomic E-state index is 0.122. The lowest BCUT2D eigenvalue weighted by atomic mass is 10.0. The molecule has 3 atom stereocenters. The molecule has 1 aliphatic carbocycles. The molecule has 1 fully saturated rings. The van der Waals surface area contributed by atoms with Gasteiger partial charge in [0.25, 0.3) is 0 Å². The predicted molar refractivity (Wildman–Crippen MR) is 57.8 cm³/mol. The maximum atomic E-state index is 12.7. The van der Waals surface area contributed by atoms with Gasteiger partial charge in [0.2, 0.25) is 11.1 Å². The van der Waals surface area contributed by atoms with E-state index in [1.165, 1.54) is 0 Å². The van der Waals surface area contributed by atoms with Crippen LogP contribution in [-0.2, 0) is 20.6 Å². The van der Waals surface area contributed by atoms with Crippen LogP contribution in [0.1, 0.15) is 32.6 Å². The molecule has 1 saturated carbocycles. The average Bonchev–Trinajstić information content (AvgIpc) is 2.63. The van der Waals surface area contributed by atoms with Gasteiger partial charge in [0, 0.05) is 0 Å². The van der Waals surface area contributed by atoms with Gasteiger partial charge in [-0.3, -0.25) is 0 Å². The molecular weight excluding hydrogens is 254 g/mol. The summed E-state index contributed by atoms with van der Waals surface area (Å²) in [5, 5.41) is -4.33. The molecule has 100 valence electrons. The molecule has 0 heterocycles. The second-order valence-corrected chi connectivity index (χ2v) is 5.49. The van der Waals surface area contributed by atoms with Gasteiger partial charge in [-0.2, -0.15) is 8.78 Å². The van der Waals surface area contributed by atoms with Gasteiger partial charge in [0.15, 0.2) is 0 Å². The Labute approximate surface area is 101 Å². The average molecular weight is 270 g/mol. The summed E-state index contributed by atoms with van der Waals surface area (Å²) in [5.41, 5.74) is 0. The smallest absolute Gasteiger partial charge is 0.439 e. The maximum absolute atomic E-state index is 12.7. The van der Waals surface area contributed by atoms with Crippen LogP contribution in [0.3, 0.4) is 0 Å². The fourth-order valence-electron chi connectivity index (χ4n) is 2.06. The highest BCUT2D eigenvalue weighted by Gasteiger charge is 2.47. The third-order valence-corrected chi connectivity index (χ3v) is 3.62. The first-order valence-corrected chi connectivity index (χ1v) is 6.60. The largest absolute Gasteiger partial charge is 0.460 e. The summed E-state index contributed by atoms with van der Waals surface area (Å²) in [6.45, 7) is 2.00. The molecule has 0 aromatic carbocycles. The summed E-state index contributed by atoms with van der Waals surface area (Å²) in [6.07, 6.45) is 3.67. The Morgan fingerprint density at radius 1 is 1.53 bits per heavy atom.